The summed E-state index contributed by atoms with van der Waals surface area (Å²) in [5.74, 6) is 0.499. The van der Waals surface area contributed by atoms with Crippen LogP contribution in [-0.4, -0.2) is 37.3 Å². The molecule has 1 spiro atoms. The number of fused-ring (bicyclic) bond motifs is 7. The molecule has 0 aromatic heterocycles. The van der Waals surface area contributed by atoms with Crippen molar-refractivity contribution in [3.63, 3.8) is 0 Å². The third kappa shape index (κ3) is 2.47. The lowest BCUT2D eigenvalue weighted by molar-refractivity contribution is -0.128. The second-order valence-corrected chi connectivity index (χ2v) is 13.0. The molecule has 1 heterocycles. The fourth-order valence-electron chi connectivity index (χ4n) is 7.61. The summed E-state index contributed by atoms with van der Waals surface area (Å²) < 4.78 is 28.9. The Hall–Kier alpha value is -1.98. The van der Waals surface area contributed by atoms with Crippen LogP contribution in [0.5, 0.6) is 0 Å². The zero-order valence-electron chi connectivity index (χ0n) is 18.9. The Morgan fingerprint density at radius 1 is 0.906 bits per heavy atom. The molecule has 2 aromatic carbocycles. The zero-order chi connectivity index (χ0) is 22.4. The van der Waals surface area contributed by atoms with Gasteiger partial charge in [0.1, 0.15) is 5.78 Å². The zero-order valence-corrected chi connectivity index (χ0v) is 19.7. The highest BCUT2D eigenvalue weighted by atomic mass is 32.2. The fourth-order valence-corrected chi connectivity index (χ4v) is 9.83. The number of nitrogens with zero attached hydrogens (tertiary/aromatic N) is 1. The van der Waals surface area contributed by atoms with Gasteiger partial charge in [-0.3, -0.25) is 4.79 Å². The van der Waals surface area contributed by atoms with Crippen molar-refractivity contribution in [2.24, 2.45) is 16.7 Å². The fraction of sp³-hybridized carbons (Fsp3) is 0.519. The standard InChI is InChI=1S/C27H31NO3S/c1-25(2)19-11-12-27(25,24(29)17-19)18-32(30,31)28-15-13-26(14-16-28)22-9-5-3-7-20(22)21-8-4-6-10-23(21)26/h3-10,19H,11-18H2,1-2H3/t19?,27-/m1/s1. The molecule has 0 amide bonds. The van der Waals surface area contributed by atoms with Crippen LogP contribution in [-0.2, 0) is 20.2 Å². The Morgan fingerprint density at radius 2 is 1.47 bits per heavy atom. The van der Waals surface area contributed by atoms with Crippen LogP contribution in [0.2, 0.25) is 0 Å². The van der Waals surface area contributed by atoms with Crippen LogP contribution in [0.1, 0.15) is 57.1 Å². The Kier molecular flexibility index (Phi) is 4.21. The third-order valence-electron chi connectivity index (χ3n) is 9.71. The molecular weight excluding hydrogens is 418 g/mol. The summed E-state index contributed by atoms with van der Waals surface area (Å²) in [4.78, 5) is 12.9. The molecule has 1 aliphatic heterocycles. The number of sulfonamides is 1. The van der Waals surface area contributed by atoms with Crippen LogP contribution in [0.3, 0.4) is 0 Å². The summed E-state index contributed by atoms with van der Waals surface area (Å²) in [6.45, 7) is 5.25. The van der Waals surface area contributed by atoms with Gasteiger partial charge in [0, 0.05) is 30.3 Å². The van der Waals surface area contributed by atoms with Gasteiger partial charge in [0.05, 0.1) is 5.75 Å². The first kappa shape index (κ1) is 20.6. The number of piperidine rings is 1. The number of Topliss-reactive ketones (excluding diaryl/α,β-unsaturated/α-hetero) is 1. The summed E-state index contributed by atoms with van der Waals surface area (Å²) in [7, 11) is -3.50. The Labute approximate surface area is 191 Å². The molecule has 2 saturated carbocycles. The summed E-state index contributed by atoms with van der Waals surface area (Å²) in [6.07, 6.45) is 3.83. The Bertz CT molecular complexity index is 1180. The predicted molar refractivity (Wildman–Crippen MR) is 126 cm³/mol. The highest BCUT2D eigenvalue weighted by molar-refractivity contribution is 7.89. The van der Waals surface area contributed by atoms with Gasteiger partial charge in [-0.05, 0) is 59.3 Å². The number of carbonyl (C=O) groups excluding carboxylic acids is 1. The third-order valence-corrected chi connectivity index (χ3v) is 11.7. The van der Waals surface area contributed by atoms with Gasteiger partial charge in [-0.2, -0.15) is 0 Å². The smallest absolute Gasteiger partial charge is 0.215 e. The van der Waals surface area contributed by atoms with Crippen LogP contribution in [0.25, 0.3) is 11.1 Å². The first-order valence-electron chi connectivity index (χ1n) is 11.9. The molecule has 2 atom stereocenters. The number of benzene rings is 2. The maximum absolute atomic E-state index is 13.6. The molecular formula is C27H31NO3S. The molecule has 5 heteroatoms. The maximum Gasteiger partial charge on any atom is 0.215 e. The van der Waals surface area contributed by atoms with Gasteiger partial charge in [-0.25, -0.2) is 12.7 Å². The largest absolute Gasteiger partial charge is 0.299 e. The molecule has 0 N–H and O–H groups in total. The summed E-state index contributed by atoms with van der Waals surface area (Å²) in [6, 6.07) is 17.2. The normalized spacial score (nSPS) is 29.9. The minimum Gasteiger partial charge on any atom is -0.299 e. The van der Waals surface area contributed by atoms with Crippen molar-refractivity contribution in [1.29, 1.82) is 0 Å². The van der Waals surface area contributed by atoms with Gasteiger partial charge >= 0.3 is 0 Å². The maximum atomic E-state index is 13.6. The molecule has 6 rings (SSSR count). The number of rotatable bonds is 3. The van der Waals surface area contributed by atoms with Crippen LogP contribution in [0.15, 0.2) is 48.5 Å². The van der Waals surface area contributed by atoms with Crippen molar-refractivity contribution in [3.8, 4) is 11.1 Å². The van der Waals surface area contributed by atoms with Crippen molar-refractivity contribution in [2.75, 3.05) is 18.8 Å². The topological polar surface area (TPSA) is 54.5 Å². The van der Waals surface area contributed by atoms with Crippen LogP contribution < -0.4 is 0 Å². The lowest BCUT2D eigenvalue weighted by atomic mass is 9.70. The van der Waals surface area contributed by atoms with Gasteiger partial charge in [0.15, 0.2) is 0 Å². The average molecular weight is 450 g/mol. The van der Waals surface area contributed by atoms with Crippen molar-refractivity contribution < 1.29 is 13.2 Å². The minimum atomic E-state index is -3.50. The van der Waals surface area contributed by atoms with Gasteiger partial charge < -0.3 is 0 Å². The lowest BCUT2D eigenvalue weighted by Crippen LogP contribution is -2.50. The summed E-state index contributed by atoms with van der Waals surface area (Å²) in [5, 5.41) is 0. The number of hydrogen-bond donors (Lipinski definition) is 0. The van der Waals surface area contributed by atoms with Crippen molar-refractivity contribution in [2.45, 2.75) is 51.4 Å². The molecule has 0 radical (unpaired) electrons. The van der Waals surface area contributed by atoms with Gasteiger partial charge in [-0.1, -0.05) is 62.4 Å². The van der Waals surface area contributed by atoms with Gasteiger partial charge in [-0.15, -0.1) is 0 Å². The van der Waals surface area contributed by atoms with E-state index in [1.807, 2.05) is 0 Å². The minimum absolute atomic E-state index is 0.0114. The molecule has 1 unspecified atom stereocenters. The van der Waals surface area contributed by atoms with E-state index in [0.29, 0.717) is 25.4 Å². The molecule has 168 valence electrons. The molecule has 4 nitrogen and oxygen atoms in total. The number of carbonyl (C=O) groups is 1. The van der Waals surface area contributed by atoms with Gasteiger partial charge in [0.25, 0.3) is 0 Å². The van der Waals surface area contributed by atoms with Crippen molar-refractivity contribution >= 4 is 15.8 Å². The van der Waals surface area contributed by atoms with E-state index in [2.05, 4.69) is 62.4 Å². The molecule has 1 saturated heterocycles. The van der Waals surface area contributed by atoms with E-state index in [0.717, 1.165) is 25.7 Å². The van der Waals surface area contributed by atoms with E-state index in [4.69, 9.17) is 0 Å². The predicted octanol–water partition coefficient (Wildman–Crippen LogP) is 4.77. The van der Waals surface area contributed by atoms with Crippen molar-refractivity contribution in [1.82, 2.24) is 4.31 Å². The average Bonchev–Trinajstić information content (AvgIpc) is 3.26. The number of hydrogen-bond acceptors (Lipinski definition) is 3. The molecule has 2 bridgehead atoms. The van der Waals surface area contributed by atoms with E-state index in [1.54, 1.807) is 4.31 Å². The molecule has 32 heavy (non-hydrogen) atoms. The van der Waals surface area contributed by atoms with Gasteiger partial charge in [0.2, 0.25) is 10.0 Å². The molecule has 3 fully saturated rings. The van der Waals surface area contributed by atoms with Crippen LogP contribution in [0.4, 0.5) is 0 Å². The molecule has 3 aliphatic carbocycles. The molecule has 4 aliphatic rings. The van der Waals surface area contributed by atoms with E-state index < -0.39 is 15.4 Å². The SMILES string of the molecule is CC1(C)C2CC[C@@]1(CS(=O)(=O)N1CCC3(CC1)c1ccccc1-c1ccccc13)C(=O)C2. The Balaban J connectivity index is 1.29. The second kappa shape index (κ2) is 6.54. The monoisotopic (exact) mass is 449 g/mol. The Morgan fingerprint density at radius 3 is 1.97 bits per heavy atom. The quantitative estimate of drug-likeness (QED) is 0.678. The first-order chi connectivity index (χ1) is 15.2. The van der Waals surface area contributed by atoms with E-state index in [-0.39, 0.29) is 22.4 Å². The van der Waals surface area contributed by atoms with E-state index >= 15 is 0 Å². The first-order valence-corrected chi connectivity index (χ1v) is 13.5. The summed E-state index contributed by atoms with van der Waals surface area (Å²) in [5.41, 5.74) is 4.21. The van der Waals surface area contributed by atoms with Crippen molar-refractivity contribution in [3.05, 3.63) is 59.7 Å². The highest BCUT2D eigenvalue weighted by Gasteiger charge is 2.65. The molecule has 2 aromatic rings. The second-order valence-electron chi connectivity index (χ2n) is 11.0. The summed E-state index contributed by atoms with van der Waals surface area (Å²) >= 11 is 0. The number of ketones is 1. The highest BCUT2D eigenvalue weighted by Crippen LogP contribution is 2.64. The van der Waals surface area contributed by atoms with Crippen LogP contribution >= 0.6 is 0 Å². The van der Waals surface area contributed by atoms with E-state index in [1.165, 1.54) is 22.3 Å². The van der Waals surface area contributed by atoms with E-state index in [9.17, 15) is 13.2 Å². The van der Waals surface area contributed by atoms with Crippen LogP contribution in [0, 0.1) is 16.7 Å². The lowest BCUT2D eigenvalue weighted by Gasteiger charge is -2.42.